The normalized spacial score (nSPS) is 10.9. The van der Waals surface area contributed by atoms with Gasteiger partial charge in [0.1, 0.15) is 6.54 Å². The van der Waals surface area contributed by atoms with E-state index in [4.69, 9.17) is 0 Å². The van der Waals surface area contributed by atoms with E-state index in [0.29, 0.717) is 5.96 Å². The van der Waals surface area contributed by atoms with Gasteiger partial charge in [-0.2, -0.15) is 0 Å². The first-order valence-corrected chi connectivity index (χ1v) is 7.48. The predicted molar refractivity (Wildman–Crippen MR) is 104 cm³/mol. The van der Waals surface area contributed by atoms with Crippen molar-refractivity contribution in [1.82, 2.24) is 10.6 Å². The average molecular weight is 418 g/mol. The van der Waals surface area contributed by atoms with Gasteiger partial charge in [0.25, 0.3) is 0 Å². The van der Waals surface area contributed by atoms with Gasteiger partial charge in [0.05, 0.1) is 0 Å². The number of hydrogen-bond donors (Lipinski definition) is 3. The fourth-order valence-electron chi connectivity index (χ4n) is 1.81. The van der Waals surface area contributed by atoms with Crippen LogP contribution in [-0.2, 0) is 11.2 Å². The maximum atomic E-state index is 11.9. The Morgan fingerprint density at radius 3 is 2.59 bits per heavy atom. The van der Waals surface area contributed by atoms with Crippen LogP contribution in [0.15, 0.2) is 29.3 Å². The molecule has 0 unspecified atom stereocenters. The summed E-state index contributed by atoms with van der Waals surface area (Å²) >= 11 is 0. The lowest BCUT2D eigenvalue weighted by molar-refractivity contribution is -0.114. The summed E-state index contributed by atoms with van der Waals surface area (Å²) in [6, 6.07) is 8.13. The van der Waals surface area contributed by atoms with Crippen molar-refractivity contribution in [3.8, 4) is 0 Å². The van der Waals surface area contributed by atoms with Crippen molar-refractivity contribution in [2.24, 2.45) is 4.99 Å². The molecule has 3 N–H and O–H groups in total. The van der Waals surface area contributed by atoms with Gasteiger partial charge in [-0.05, 0) is 44.9 Å². The van der Waals surface area contributed by atoms with E-state index in [1.54, 1.807) is 0 Å². The molecule has 0 spiro atoms. The number of aryl methyl sites for hydroxylation is 1. The maximum absolute atomic E-state index is 11.9. The van der Waals surface area contributed by atoms with Gasteiger partial charge in [0.15, 0.2) is 5.96 Å². The summed E-state index contributed by atoms with van der Waals surface area (Å²) < 4.78 is 0. The highest BCUT2D eigenvalue weighted by Gasteiger charge is 2.04. The summed E-state index contributed by atoms with van der Waals surface area (Å²) in [6.45, 7) is 9.00. The number of aliphatic imine (C=N–C) groups is 1. The molecule has 0 fully saturated rings. The Kier molecular flexibility index (Phi) is 10.6. The molecule has 0 atom stereocenters. The third-order valence-corrected chi connectivity index (χ3v) is 2.77. The van der Waals surface area contributed by atoms with Crippen LogP contribution in [0.25, 0.3) is 0 Å². The van der Waals surface area contributed by atoms with Crippen molar-refractivity contribution < 1.29 is 4.79 Å². The molecule has 0 saturated carbocycles. The van der Waals surface area contributed by atoms with Gasteiger partial charge in [0, 0.05) is 18.3 Å². The van der Waals surface area contributed by atoms with Gasteiger partial charge in [0.2, 0.25) is 5.91 Å². The number of guanidine groups is 1. The molecule has 0 bridgehead atoms. The molecule has 0 aliphatic heterocycles. The van der Waals surface area contributed by atoms with E-state index in [1.807, 2.05) is 45.0 Å². The van der Waals surface area contributed by atoms with Crippen molar-refractivity contribution in [3.05, 3.63) is 29.8 Å². The Hall–Kier alpha value is -1.31. The lowest BCUT2D eigenvalue weighted by Crippen LogP contribution is -2.41. The number of benzene rings is 1. The predicted octanol–water partition coefficient (Wildman–Crippen LogP) is 2.77. The highest BCUT2D eigenvalue weighted by molar-refractivity contribution is 14.0. The maximum Gasteiger partial charge on any atom is 0.246 e. The third-order valence-electron chi connectivity index (χ3n) is 2.77. The molecule has 124 valence electrons. The number of halogens is 1. The Morgan fingerprint density at radius 2 is 2.00 bits per heavy atom. The standard InChI is InChI=1S/C16H26N4O.HI/c1-5-13-8-7-9-14(10-13)20-15(21)11-18-16(17-6-2)19-12(3)4;/h7-10,12H,5-6,11H2,1-4H3,(H,20,21)(H2,17,18,19);1H. The van der Waals surface area contributed by atoms with Crippen molar-refractivity contribution >= 4 is 41.5 Å². The summed E-state index contributed by atoms with van der Waals surface area (Å²) in [5, 5.41) is 9.15. The quantitative estimate of drug-likeness (QED) is 0.378. The highest BCUT2D eigenvalue weighted by Crippen LogP contribution is 2.10. The molecule has 0 heterocycles. The molecule has 1 amide bonds. The molecule has 6 heteroatoms. The SMILES string of the molecule is CCNC(=NCC(=O)Nc1cccc(CC)c1)NC(C)C.I. The van der Waals surface area contributed by atoms with Gasteiger partial charge in [-0.15, -0.1) is 24.0 Å². The van der Waals surface area contributed by atoms with Crippen molar-refractivity contribution in [1.29, 1.82) is 0 Å². The molecule has 0 aliphatic carbocycles. The van der Waals surface area contributed by atoms with Crippen LogP contribution in [0.3, 0.4) is 0 Å². The van der Waals surface area contributed by atoms with E-state index in [2.05, 4.69) is 27.9 Å². The Labute approximate surface area is 150 Å². The van der Waals surface area contributed by atoms with Gasteiger partial charge in [-0.25, -0.2) is 4.99 Å². The molecule has 0 aromatic heterocycles. The zero-order valence-electron chi connectivity index (χ0n) is 13.8. The lowest BCUT2D eigenvalue weighted by Gasteiger charge is -2.13. The van der Waals surface area contributed by atoms with Gasteiger partial charge >= 0.3 is 0 Å². The van der Waals surface area contributed by atoms with E-state index in [9.17, 15) is 4.79 Å². The molecular weight excluding hydrogens is 391 g/mol. The number of carbonyl (C=O) groups excluding carboxylic acids is 1. The summed E-state index contributed by atoms with van der Waals surface area (Å²) in [4.78, 5) is 16.2. The third kappa shape index (κ3) is 8.21. The van der Waals surface area contributed by atoms with E-state index < -0.39 is 0 Å². The topological polar surface area (TPSA) is 65.5 Å². The molecule has 0 radical (unpaired) electrons. The van der Waals surface area contributed by atoms with Gasteiger partial charge in [-0.1, -0.05) is 19.1 Å². The van der Waals surface area contributed by atoms with Crippen LogP contribution in [0.1, 0.15) is 33.3 Å². The minimum atomic E-state index is -0.121. The first-order valence-electron chi connectivity index (χ1n) is 7.48. The number of nitrogens with one attached hydrogen (secondary N) is 3. The summed E-state index contributed by atoms with van der Waals surface area (Å²) in [5.74, 6) is 0.536. The molecule has 5 nitrogen and oxygen atoms in total. The fourth-order valence-corrected chi connectivity index (χ4v) is 1.81. The number of carbonyl (C=O) groups is 1. The number of hydrogen-bond acceptors (Lipinski definition) is 2. The first-order chi connectivity index (χ1) is 10.0. The number of anilines is 1. The second-order valence-corrected chi connectivity index (χ2v) is 5.10. The van der Waals surface area contributed by atoms with Crippen LogP contribution >= 0.6 is 24.0 Å². The Balaban J connectivity index is 0.00000441. The second-order valence-electron chi connectivity index (χ2n) is 5.10. The van der Waals surface area contributed by atoms with Crippen LogP contribution in [0.4, 0.5) is 5.69 Å². The lowest BCUT2D eigenvalue weighted by atomic mass is 10.1. The van der Waals surface area contributed by atoms with Crippen molar-refractivity contribution in [3.63, 3.8) is 0 Å². The molecular formula is C16H27IN4O. The monoisotopic (exact) mass is 418 g/mol. The summed E-state index contributed by atoms with van der Waals surface area (Å²) in [6.07, 6.45) is 0.949. The van der Waals surface area contributed by atoms with E-state index in [-0.39, 0.29) is 42.5 Å². The van der Waals surface area contributed by atoms with Crippen LogP contribution < -0.4 is 16.0 Å². The van der Waals surface area contributed by atoms with Crippen LogP contribution in [0.5, 0.6) is 0 Å². The van der Waals surface area contributed by atoms with Crippen LogP contribution in [0.2, 0.25) is 0 Å². The number of amides is 1. The van der Waals surface area contributed by atoms with E-state index in [1.165, 1.54) is 5.56 Å². The van der Waals surface area contributed by atoms with Gasteiger partial charge in [-0.3, -0.25) is 4.79 Å². The highest BCUT2D eigenvalue weighted by atomic mass is 127. The number of nitrogens with zero attached hydrogens (tertiary/aromatic N) is 1. The van der Waals surface area contributed by atoms with Crippen LogP contribution in [-0.4, -0.2) is 31.0 Å². The fraction of sp³-hybridized carbons (Fsp3) is 0.500. The average Bonchev–Trinajstić information content (AvgIpc) is 2.44. The minimum Gasteiger partial charge on any atom is -0.357 e. The van der Waals surface area contributed by atoms with E-state index in [0.717, 1.165) is 18.7 Å². The summed E-state index contributed by atoms with van der Waals surface area (Å²) in [7, 11) is 0. The molecule has 1 aromatic rings. The first kappa shape index (κ1) is 20.7. The molecule has 0 saturated heterocycles. The molecule has 1 rings (SSSR count). The summed E-state index contributed by atoms with van der Waals surface area (Å²) in [5.41, 5.74) is 2.02. The smallest absolute Gasteiger partial charge is 0.246 e. The molecule has 22 heavy (non-hydrogen) atoms. The largest absolute Gasteiger partial charge is 0.357 e. The Bertz CT molecular complexity index is 489. The molecule has 1 aromatic carbocycles. The zero-order chi connectivity index (χ0) is 15.7. The van der Waals surface area contributed by atoms with Gasteiger partial charge < -0.3 is 16.0 Å². The minimum absolute atomic E-state index is 0. The second kappa shape index (κ2) is 11.3. The Morgan fingerprint density at radius 1 is 1.27 bits per heavy atom. The zero-order valence-corrected chi connectivity index (χ0v) is 16.1. The van der Waals surface area contributed by atoms with E-state index >= 15 is 0 Å². The van der Waals surface area contributed by atoms with Crippen LogP contribution in [0, 0.1) is 0 Å². The molecule has 0 aliphatic rings. The van der Waals surface area contributed by atoms with Crippen molar-refractivity contribution in [2.75, 3.05) is 18.4 Å². The van der Waals surface area contributed by atoms with Crippen molar-refractivity contribution in [2.45, 2.75) is 40.2 Å². The number of rotatable bonds is 6.